The Kier molecular flexibility index (Phi) is 8.17. The first-order valence-electron chi connectivity index (χ1n) is 9.89. The third-order valence-corrected chi connectivity index (χ3v) is 6.53. The molecule has 3 aromatic rings. The van der Waals surface area contributed by atoms with Crippen LogP contribution in [-0.4, -0.2) is 32.3 Å². The van der Waals surface area contributed by atoms with Gasteiger partial charge in [0, 0.05) is 12.6 Å². The number of aromatic nitrogens is 3. The molecule has 1 heterocycles. The van der Waals surface area contributed by atoms with E-state index in [-0.39, 0.29) is 29.5 Å². The van der Waals surface area contributed by atoms with E-state index in [1.807, 2.05) is 39.1 Å². The van der Waals surface area contributed by atoms with Crippen molar-refractivity contribution in [2.24, 2.45) is 13.0 Å². The average Bonchev–Trinajstić information content (AvgIpc) is 3.14. The number of halogens is 2. The molecule has 2 aromatic carbocycles. The van der Waals surface area contributed by atoms with Crippen LogP contribution in [0.2, 0.25) is 10.0 Å². The molecule has 0 saturated heterocycles. The standard InChI is InChI=1S/C22H23Cl2N5O2S/c1-13(2)19(26-21(31)14-8-5-4-6-9-14)20-27-28-22(29(20)3)32-12-17(30)25-16-11-7-10-15(23)18(16)24/h4-11,13,19H,12H2,1-3H3,(H,25,30)(H,26,31)/t19-/m0/s1. The number of carbonyl (C=O) groups excluding carboxylic acids is 2. The van der Waals surface area contributed by atoms with E-state index < -0.39 is 0 Å². The number of nitrogens with zero attached hydrogens (tertiary/aromatic N) is 3. The fourth-order valence-corrected chi connectivity index (χ4v) is 4.05. The second kappa shape index (κ2) is 10.8. The Labute approximate surface area is 200 Å². The molecule has 10 heteroatoms. The molecule has 3 rings (SSSR count). The summed E-state index contributed by atoms with van der Waals surface area (Å²) in [5.74, 6) is 0.375. The molecule has 0 aliphatic heterocycles. The largest absolute Gasteiger partial charge is 0.342 e. The summed E-state index contributed by atoms with van der Waals surface area (Å²) >= 11 is 13.3. The molecule has 32 heavy (non-hydrogen) atoms. The lowest BCUT2D eigenvalue weighted by molar-refractivity contribution is -0.113. The van der Waals surface area contributed by atoms with Gasteiger partial charge in [0.15, 0.2) is 11.0 Å². The summed E-state index contributed by atoms with van der Waals surface area (Å²) in [6.45, 7) is 4.00. The van der Waals surface area contributed by atoms with Gasteiger partial charge in [0.2, 0.25) is 5.91 Å². The topological polar surface area (TPSA) is 88.9 Å². The molecule has 0 spiro atoms. The minimum atomic E-state index is -0.339. The van der Waals surface area contributed by atoms with Gasteiger partial charge in [0.25, 0.3) is 5.91 Å². The number of benzene rings is 2. The molecule has 1 atom stereocenters. The number of nitrogens with one attached hydrogen (secondary N) is 2. The Morgan fingerprint density at radius 3 is 2.47 bits per heavy atom. The van der Waals surface area contributed by atoms with Crippen molar-refractivity contribution in [3.8, 4) is 0 Å². The third-order valence-electron chi connectivity index (χ3n) is 4.69. The Balaban J connectivity index is 1.67. The van der Waals surface area contributed by atoms with Gasteiger partial charge in [0.1, 0.15) is 0 Å². The summed E-state index contributed by atoms with van der Waals surface area (Å²) in [5.41, 5.74) is 1.03. The van der Waals surface area contributed by atoms with Gasteiger partial charge in [-0.05, 0) is 30.2 Å². The van der Waals surface area contributed by atoms with E-state index in [2.05, 4.69) is 20.8 Å². The van der Waals surface area contributed by atoms with Crippen LogP contribution in [0.3, 0.4) is 0 Å². The van der Waals surface area contributed by atoms with Crippen LogP contribution in [0.25, 0.3) is 0 Å². The maximum atomic E-state index is 12.6. The lowest BCUT2D eigenvalue weighted by Gasteiger charge is -2.21. The molecular formula is C22H23Cl2N5O2S. The molecule has 2 amide bonds. The fraction of sp³-hybridized carbons (Fsp3) is 0.273. The van der Waals surface area contributed by atoms with Crippen LogP contribution in [0.5, 0.6) is 0 Å². The van der Waals surface area contributed by atoms with E-state index in [9.17, 15) is 9.59 Å². The van der Waals surface area contributed by atoms with Crippen molar-refractivity contribution in [2.45, 2.75) is 25.0 Å². The predicted molar refractivity (Wildman–Crippen MR) is 128 cm³/mol. The van der Waals surface area contributed by atoms with Crippen LogP contribution in [0, 0.1) is 5.92 Å². The van der Waals surface area contributed by atoms with Crippen molar-refractivity contribution in [2.75, 3.05) is 11.1 Å². The van der Waals surface area contributed by atoms with E-state index in [0.717, 1.165) is 0 Å². The van der Waals surface area contributed by atoms with Crippen molar-refractivity contribution in [1.29, 1.82) is 0 Å². The lowest BCUT2D eigenvalue weighted by Crippen LogP contribution is -2.33. The zero-order chi connectivity index (χ0) is 23.3. The Bertz CT molecular complexity index is 1100. The maximum absolute atomic E-state index is 12.6. The van der Waals surface area contributed by atoms with Crippen molar-refractivity contribution >= 4 is 52.5 Å². The zero-order valence-electron chi connectivity index (χ0n) is 17.8. The van der Waals surface area contributed by atoms with E-state index in [1.54, 1.807) is 34.9 Å². The highest BCUT2D eigenvalue weighted by atomic mass is 35.5. The summed E-state index contributed by atoms with van der Waals surface area (Å²) in [5, 5.41) is 15.5. The van der Waals surface area contributed by atoms with Crippen LogP contribution in [0.1, 0.15) is 36.1 Å². The van der Waals surface area contributed by atoms with Crippen molar-refractivity contribution < 1.29 is 9.59 Å². The summed E-state index contributed by atoms with van der Waals surface area (Å²) < 4.78 is 1.79. The monoisotopic (exact) mass is 491 g/mol. The first kappa shape index (κ1) is 24.1. The van der Waals surface area contributed by atoms with Gasteiger partial charge in [-0.2, -0.15) is 0 Å². The number of thioether (sulfide) groups is 1. The summed E-state index contributed by atoms with van der Waals surface area (Å²) in [6, 6.07) is 13.7. The minimum Gasteiger partial charge on any atom is -0.342 e. The van der Waals surface area contributed by atoms with Crippen LogP contribution in [-0.2, 0) is 11.8 Å². The molecule has 0 unspecified atom stereocenters. The Morgan fingerprint density at radius 2 is 1.78 bits per heavy atom. The van der Waals surface area contributed by atoms with E-state index >= 15 is 0 Å². The van der Waals surface area contributed by atoms with E-state index in [1.165, 1.54) is 11.8 Å². The fourth-order valence-electron chi connectivity index (χ4n) is 2.98. The van der Waals surface area contributed by atoms with Gasteiger partial charge in [-0.15, -0.1) is 10.2 Å². The molecular weight excluding hydrogens is 469 g/mol. The molecule has 7 nitrogen and oxygen atoms in total. The Hall–Kier alpha value is -2.55. The number of anilines is 1. The normalized spacial score (nSPS) is 11.9. The number of amides is 2. The number of hydrogen-bond acceptors (Lipinski definition) is 5. The van der Waals surface area contributed by atoms with Gasteiger partial charge in [-0.25, -0.2) is 0 Å². The molecule has 168 valence electrons. The molecule has 1 aromatic heterocycles. The highest BCUT2D eigenvalue weighted by Gasteiger charge is 2.25. The SMILES string of the molecule is CC(C)[C@H](NC(=O)c1ccccc1)c1nnc(SCC(=O)Nc2cccc(Cl)c2Cl)n1C. The molecule has 0 saturated carbocycles. The van der Waals surface area contributed by atoms with Gasteiger partial charge >= 0.3 is 0 Å². The predicted octanol–water partition coefficient (Wildman–Crippen LogP) is 4.98. The molecule has 0 aliphatic carbocycles. The first-order valence-corrected chi connectivity index (χ1v) is 11.6. The van der Waals surface area contributed by atoms with Crippen LogP contribution in [0.15, 0.2) is 53.7 Å². The lowest BCUT2D eigenvalue weighted by atomic mass is 10.0. The highest BCUT2D eigenvalue weighted by Crippen LogP contribution is 2.30. The number of rotatable bonds is 8. The van der Waals surface area contributed by atoms with Crippen LogP contribution >= 0.6 is 35.0 Å². The van der Waals surface area contributed by atoms with Gasteiger partial charge in [-0.3, -0.25) is 9.59 Å². The van der Waals surface area contributed by atoms with Gasteiger partial charge in [0.05, 0.1) is 27.5 Å². The molecule has 0 bridgehead atoms. The summed E-state index contributed by atoms with van der Waals surface area (Å²) in [4.78, 5) is 25.0. The molecule has 0 radical (unpaired) electrons. The highest BCUT2D eigenvalue weighted by molar-refractivity contribution is 7.99. The van der Waals surface area contributed by atoms with Crippen LogP contribution < -0.4 is 10.6 Å². The average molecular weight is 492 g/mol. The summed E-state index contributed by atoms with van der Waals surface area (Å²) in [7, 11) is 1.81. The summed E-state index contributed by atoms with van der Waals surface area (Å²) in [6.07, 6.45) is 0. The van der Waals surface area contributed by atoms with Crippen molar-refractivity contribution in [3.63, 3.8) is 0 Å². The van der Waals surface area contributed by atoms with Crippen molar-refractivity contribution in [1.82, 2.24) is 20.1 Å². The minimum absolute atomic E-state index is 0.0803. The van der Waals surface area contributed by atoms with E-state index in [0.29, 0.717) is 32.3 Å². The van der Waals surface area contributed by atoms with Gasteiger partial charge < -0.3 is 15.2 Å². The zero-order valence-corrected chi connectivity index (χ0v) is 20.1. The maximum Gasteiger partial charge on any atom is 0.251 e. The molecule has 0 fully saturated rings. The van der Waals surface area contributed by atoms with E-state index in [4.69, 9.17) is 23.2 Å². The van der Waals surface area contributed by atoms with Crippen LogP contribution in [0.4, 0.5) is 5.69 Å². The number of carbonyl (C=O) groups is 2. The van der Waals surface area contributed by atoms with Gasteiger partial charge in [-0.1, -0.05) is 73.1 Å². The first-order chi connectivity index (χ1) is 15.3. The number of hydrogen-bond donors (Lipinski definition) is 2. The second-order valence-electron chi connectivity index (χ2n) is 7.40. The second-order valence-corrected chi connectivity index (χ2v) is 9.13. The smallest absolute Gasteiger partial charge is 0.251 e. The Morgan fingerprint density at radius 1 is 1.06 bits per heavy atom. The quantitative estimate of drug-likeness (QED) is 0.433. The molecule has 2 N–H and O–H groups in total. The third kappa shape index (κ3) is 5.82. The molecule has 0 aliphatic rings. The van der Waals surface area contributed by atoms with Crippen molar-refractivity contribution in [3.05, 3.63) is 70.0 Å².